The molecule has 1 amide bonds. The number of methoxy groups -OCH3 is 2. The zero-order valence-electron chi connectivity index (χ0n) is 18.5. The first kappa shape index (κ1) is 25.6. The number of nitrogens with zero attached hydrogens (tertiary/aromatic N) is 3. The van der Waals surface area contributed by atoms with E-state index in [1.807, 2.05) is 0 Å². The van der Waals surface area contributed by atoms with Crippen molar-refractivity contribution in [1.82, 2.24) is 14.7 Å². The van der Waals surface area contributed by atoms with E-state index in [-0.39, 0.29) is 24.6 Å². The first-order valence-electron chi connectivity index (χ1n) is 10.3. The van der Waals surface area contributed by atoms with Gasteiger partial charge in [-0.2, -0.15) is 13.2 Å². The van der Waals surface area contributed by atoms with Gasteiger partial charge < -0.3 is 19.1 Å². The average molecular weight is 546 g/mol. The molecule has 0 spiro atoms. The molecule has 1 aromatic carbocycles. The lowest BCUT2D eigenvalue weighted by atomic mass is 10.0. The number of hydrogen-bond donors (Lipinski definition) is 0. The Morgan fingerprint density at radius 3 is 2.47 bits per heavy atom. The molecule has 1 aromatic heterocycles. The normalized spacial score (nSPS) is 14.3. The Kier molecular flexibility index (Phi) is 8.24. The van der Waals surface area contributed by atoms with Gasteiger partial charge in [-0.25, -0.2) is 9.48 Å². The zero-order chi connectivity index (χ0) is 24.9. The highest BCUT2D eigenvalue weighted by molar-refractivity contribution is 9.10. The molecule has 0 saturated carbocycles. The first-order valence-corrected chi connectivity index (χ1v) is 11.1. The number of ether oxygens (including phenoxy) is 3. The van der Waals surface area contributed by atoms with E-state index >= 15 is 0 Å². The van der Waals surface area contributed by atoms with E-state index in [1.165, 1.54) is 20.5 Å². The number of halogens is 4. The standard InChI is InChI=1S/C22H23BrF3N3O5/c1-32-13-16(21(31)33-2)15-8-4-3-7-14(15)12-34-20-18(22(24,25)26)19(23)29(27-20)11-17(30)28-9-5-6-10-28/h3-4,7-8,13H,5-6,9-12H2,1-2H3/b16-13+. The van der Waals surface area contributed by atoms with Gasteiger partial charge in [-0.05, 0) is 39.9 Å². The van der Waals surface area contributed by atoms with Gasteiger partial charge in [-0.3, -0.25) is 4.79 Å². The fourth-order valence-corrected chi connectivity index (χ4v) is 4.16. The fraction of sp³-hybridized carbons (Fsp3) is 0.409. The molecule has 1 fully saturated rings. The summed E-state index contributed by atoms with van der Waals surface area (Å²) in [4.78, 5) is 26.2. The number of aromatic nitrogens is 2. The van der Waals surface area contributed by atoms with Crippen molar-refractivity contribution in [3.63, 3.8) is 0 Å². The average Bonchev–Trinajstić information content (AvgIpc) is 3.44. The number of alkyl halides is 3. The number of likely N-dealkylation sites (tertiary alicyclic amines) is 1. The molecule has 2 aromatic rings. The summed E-state index contributed by atoms with van der Waals surface area (Å²) in [7, 11) is 2.55. The van der Waals surface area contributed by atoms with Crippen molar-refractivity contribution in [1.29, 1.82) is 0 Å². The molecule has 8 nitrogen and oxygen atoms in total. The summed E-state index contributed by atoms with van der Waals surface area (Å²) in [6, 6.07) is 6.49. The Morgan fingerprint density at radius 1 is 1.18 bits per heavy atom. The molecule has 1 saturated heterocycles. The van der Waals surface area contributed by atoms with Gasteiger partial charge in [0.1, 0.15) is 23.3 Å². The Morgan fingerprint density at radius 2 is 1.85 bits per heavy atom. The smallest absolute Gasteiger partial charge is 0.424 e. The first-order chi connectivity index (χ1) is 16.2. The summed E-state index contributed by atoms with van der Waals surface area (Å²) in [5.41, 5.74) is -0.279. The number of carbonyl (C=O) groups is 2. The Labute approximate surface area is 202 Å². The van der Waals surface area contributed by atoms with Crippen LogP contribution in [0.1, 0.15) is 29.5 Å². The van der Waals surface area contributed by atoms with E-state index in [9.17, 15) is 22.8 Å². The second kappa shape index (κ2) is 10.9. The molecule has 0 unspecified atom stereocenters. The minimum absolute atomic E-state index is 0.0724. The summed E-state index contributed by atoms with van der Waals surface area (Å²) in [5, 5.41) is 3.91. The Hall–Kier alpha value is -3.02. The van der Waals surface area contributed by atoms with E-state index in [4.69, 9.17) is 14.2 Å². The van der Waals surface area contributed by atoms with Gasteiger partial charge in [0, 0.05) is 13.1 Å². The van der Waals surface area contributed by atoms with E-state index in [0.717, 1.165) is 17.5 Å². The molecule has 1 aliphatic rings. The van der Waals surface area contributed by atoms with Crippen LogP contribution < -0.4 is 4.74 Å². The highest BCUT2D eigenvalue weighted by atomic mass is 79.9. The van der Waals surface area contributed by atoms with Crippen LogP contribution in [0.2, 0.25) is 0 Å². The molecule has 0 aliphatic carbocycles. The maximum absolute atomic E-state index is 13.8. The number of hydrogen-bond acceptors (Lipinski definition) is 6. The highest BCUT2D eigenvalue weighted by Gasteiger charge is 2.41. The number of benzene rings is 1. The molecule has 2 heterocycles. The summed E-state index contributed by atoms with van der Waals surface area (Å²) >= 11 is 2.93. The van der Waals surface area contributed by atoms with Gasteiger partial charge >= 0.3 is 12.1 Å². The molecular weight excluding hydrogens is 523 g/mol. The van der Waals surface area contributed by atoms with Gasteiger partial charge in [-0.1, -0.05) is 24.3 Å². The number of esters is 1. The van der Waals surface area contributed by atoms with E-state index in [0.29, 0.717) is 24.2 Å². The molecular formula is C22H23BrF3N3O5. The molecule has 1 aliphatic heterocycles. The van der Waals surface area contributed by atoms with Crippen LogP contribution in [0.3, 0.4) is 0 Å². The third-order valence-electron chi connectivity index (χ3n) is 5.20. The van der Waals surface area contributed by atoms with Crippen LogP contribution in [0.4, 0.5) is 13.2 Å². The summed E-state index contributed by atoms with van der Waals surface area (Å²) in [5.74, 6) is -1.68. The van der Waals surface area contributed by atoms with Crippen molar-refractivity contribution in [3.05, 3.63) is 51.8 Å². The van der Waals surface area contributed by atoms with Crippen molar-refractivity contribution < 1.29 is 37.0 Å². The second-order valence-electron chi connectivity index (χ2n) is 7.42. The predicted molar refractivity (Wildman–Crippen MR) is 119 cm³/mol. The highest BCUT2D eigenvalue weighted by Crippen LogP contribution is 2.41. The van der Waals surface area contributed by atoms with Gasteiger partial charge in [0.25, 0.3) is 0 Å². The fourth-order valence-electron chi connectivity index (χ4n) is 3.56. The quantitative estimate of drug-likeness (QED) is 0.283. The molecule has 184 valence electrons. The van der Waals surface area contributed by atoms with Gasteiger partial charge in [0.15, 0.2) is 5.56 Å². The topological polar surface area (TPSA) is 82.9 Å². The van der Waals surface area contributed by atoms with Crippen LogP contribution >= 0.6 is 15.9 Å². The molecule has 0 atom stereocenters. The Balaban J connectivity index is 1.89. The van der Waals surface area contributed by atoms with Crippen LogP contribution in [0.15, 0.2) is 35.1 Å². The van der Waals surface area contributed by atoms with E-state index in [1.54, 1.807) is 29.2 Å². The van der Waals surface area contributed by atoms with Crippen LogP contribution in [0.5, 0.6) is 5.88 Å². The van der Waals surface area contributed by atoms with Crippen LogP contribution in [0.25, 0.3) is 5.57 Å². The van der Waals surface area contributed by atoms with Gasteiger partial charge in [-0.15, -0.1) is 5.10 Å². The van der Waals surface area contributed by atoms with E-state index < -0.39 is 28.2 Å². The number of rotatable bonds is 8. The van der Waals surface area contributed by atoms with Crippen LogP contribution in [-0.2, 0) is 38.4 Å². The van der Waals surface area contributed by atoms with Crippen LogP contribution in [-0.4, -0.2) is 53.9 Å². The maximum atomic E-state index is 13.8. The third kappa shape index (κ3) is 5.72. The molecule has 12 heteroatoms. The summed E-state index contributed by atoms with van der Waals surface area (Å²) in [6.07, 6.45) is -1.88. The Bertz CT molecular complexity index is 1080. The summed E-state index contributed by atoms with van der Waals surface area (Å²) < 4.78 is 57.1. The number of carbonyl (C=O) groups excluding carboxylic acids is 2. The van der Waals surface area contributed by atoms with Gasteiger partial charge in [0.2, 0.25) is 11.8 Å². The lowest BCUT2D eigenvalue weighted by molar-refractivity contribution is -0.140. The lowest BCUT2D eigenvalue weighted by Gasteiger charge is -2.15. The van der Waals surface area contributed by atoms with Crippen LogP contribution in [0, 0.1) is 0 Å². The largest absolute Gasteiger partial charge is 0.503 e. The SMILES string of the molecule is CO/C=C(/C(=O)OC)c1ccccc1COc1nn(CC(=O)N2CCCC2)c(Br)c1C(F)(F)F. The zero-order valence-corrected chi connectivity index (χ0v) is 20.1. The monoisotopic (exact) mass is 545 g/mol. The van der Waals surface area contributed by atoms with Crippen molar-refractivity contribution in [3.8, 4) is 5.88 Å². The summed E-state index contributed by atoms with van der Waals surface area (Å²) in [6.45, 7) is 0.455. The minimum Gasteiger partial charge on any atom is -0.503 e. The molecule has 0 N–H and O–H groups in total. The van der Waals surface area contributed by atoms with E-state index in [2.05, 4.69) is 21.0 Å². The van der Waals surface area contributed by atoms with Crippen molar-refractivity contribution >= 4 is 33.4 Å². The maximum Gasteiger partial charge on any atom is 0.424 e. The van der Waals surface area contributed by atoms with Crippen molar-refractivity contribution in [2.24, 2.45) is 0 Å². The van der Waals surface area contributed by atoms with Crippen molar-refractivity contribution in [2.45, 2.75) is 32.2 Å². The molecule has 3 rings (SSSR count). The molecule has 0 bridgehead atoms. The minimum atomic E-state index is -4.78. The lowest BCUT2D eigenvalue weighted by Crippen LogP contribution is -2.31. The predicted octanol–water partition coefficient (Wildman–Crippen LogP) is 4.03. The number of amides is 1. The molecule has 34 heavy (non-hydrogen) atoms. The van der Waals surface area contributed by atoms with Gasteiger partial charge in [0.05, 0.1) is 20.5 Å². The second-order valence-corrected chi connectivity index (χ2v) is 8.17. The van der Waals surface area contributed by atoms with Crippen molar-refractivity contribution in [2.75, 3.05) is 27.3 Å². The molecule has 0 radical (unpaired) electrons. The third-order valence-corrected chi connectivity index (χ3v) is 6.00.